The van der Waals surface area contributed by atoms with Crippen LogP contribution in [0.1, 0.15) is 36.8 Å². The Kier molecular flexibility index (Phi) is 7.59. The summed E-state index contributed by atoms with van der Waals surface area (Å²) < 4.78 is 27.8. The Bertz CT molecular complexity index is 983. The molecule has 7 nitrogen and oxygen atoms in total. The molecule has 30 heavy (non-hydrogen) atoms. The fourth-order valence-corrected chi connectivity index (χ4v) is 5.07. The summed E-state index contributed by atoms with van der Waals surface area (Å²) in [5.41, 5.74) is 1.93. The average molecular weight is 430 g/mol. The first-order valence-corrected chi connectivity index (χ1v) is 11.5. The minimum Gasteiger partial charge on any atom is -0.386 e. The van der Waals surface area contributed by atoms with Crippen molar-refractivity contribution in [2.75, 3.05) is 25.0 Å². The van der Waals surface area contributed by atoms with Crippen LogP contribution in [-0.2, 0) is 19.7 Å². The third-order valence-electron chi connectivity index (χ3n) is 4.93. The van der Waals surface area contributed by atoms with E-state index in [1.165, 1.54) is 12.3 Å². The molecule has 0 unspecified atom stereocenters. The molecule has 8 heteroatoms. The Labute approximate surface area is 177 Å². The molecule has 0 saturated carbocycles. The summed E-state index contributed by atoms with van der Waals surface area (Å²) in [6.07, 6.45) is 5.36. The highest BCUT2D eigenvalue weighted by atomic mass is 32.2. The van der Waals surface area contributed by atoms with Crippen molar-refractivity contribution in [2.24, 2.45) is 5.16 Å². The Balaban J connectivity index is 1.63. The monoisotopic (exact) mass is 429 g/mol. The normalized spacial score (nSPS) is 15.6. The lowest BCUT2D eigenvalue weighted by Crippen LogP contribution is -2.32. The number of hydrogen-bond acceptors (Lipinski definition) is 5. The molecule has 0 bridgehead atoms. The van der Waals surface area contributed by atoms with Crippen molar-refractivity contribution in [1.29, 1.82) is 0 Å². The molecule has 1 aliphatic heterocycles. The van der Waals surface area contributed by atoms with Gasteiger partial charge in [0.15, 0.2) is 6.61 Å². The number of nitrogens with zero attached hydrogens (tertiary/aromatic N) is 2. The molecule has 160 valence electrons. The molecule has 1 fully saturated rings. The van der Waals surface area contributed by atoms with Crippen molar-refractivity contribution in [2.45, 2.75) is 37.5 Å². The standard InChI is InChI=1S/C22H27N3O4S/c1-18-11-12-20(15-21(18)30(27,28)25-13-7-2-3-8-14-25)24-22(26)17-29-23-16-19-9-5-4-6-10-19/h4-6,9-12,15-16H,2-3,7-8,13-14,17H2,1H3,(H,24,26)/b23-16+. The number of oxime groups is 1. The topological polar surface area (TPSA) is 88.1 Å². The van der Waals surface area contributed by atoms with Crippen molar-refractivity contribution in [1.82, 2.24) is 4.31 Å². The molecule has 3 rings (SSSR count). The van der Waals surface area contributed by atoms with Gasteiger partial charge in [0.1, 0.15) is 0 Å². The van der Waals surface area contributed by atoms with Crippen LogP contribution < -0.4 is 5.32 Å². The van der Waals surface area contributed by atoms with Gasteiger partial charge in [-0.1, -0.05) is 54.4 Å². The van der Waals surface area contributed by atoms with Gasteiger partial charge < -0.3 is 10.2 Å². The minimum atomic E-state index is -3.60. The van der Waals surface area contributed by atoms with Gasteiger partial charge in [-0.25, -0.2) is 8.42 Å². The van der Waals surface area contributed by atoms with Gasteiger partial charge in [0.25, 0.3) is 5.91 Å². The van der Waals surface area contributed by atoms with E-state index in [1.54, 1.807) is 23.4 Å². The van der Waals surface area contributed by atoms with E-state index in [1.807, 2.05) is 30.3 Å². The number of aryl methyl sites for hydroxylation is 1. The predicted molar refractivity (Wildman–Crippen MR) is 117 cm³/mol. The second-order valence-corrected chi connectivity index (χ2v) is 9.17. The zero-order valence-electron chi connectivity index (χ0n) is 17.1. The SMILES string of the molecule is Cc1ccc(NC(=O)CO/N=C/c2ccccc2)cc1S(=O)(=O)N1CCCCCC1. The summed E-state index contributed by atoms with van der Waals surface area (Å²) in [6.45, 7) is 2.56. The summed E-state index contributed by atoms with van der Waals surface area (Å²) in [7, 11) is -3.60. The van der Waals surface area contributed by atoms with E-state index in [4.69, 9.17) is 4.84 Å². The number of sulfonamides is 1. The molecule has 2 aromatic carbocycles. The van der Waals surface area contributed by atoms with Gasteiger partial charge in [0, 0.05) is 18.8 Å². The minimum absolute atomic E-state index is 0.227. The predicted octanol–water partition coefficient (Wildman–Crippen LogP) is 3.55. The van der Waals surface area contributed by atoms with Crippen molar-refractivity contribution < 1.29 is 18.0 Å². The number of amides is 1. The molecule has 1 saturated heterocycles. The number of carbonyl (C=O) groups excluding carboxylic acids is 1. The number of benzene rings is 2. The lowest BCUT2D eigenvalue weighted by Gasteiger charge is -2.21. The van der Waals surface area contributed by atoms with Crippen molar-refractivity contribution in [3.8, 4) is 0 Å². The molecule has 2 aromatic rings. The van der Waals surface area contributed by atoms with Crippen LogP contribution >= 0.6 is 0 Å². The maximum Gasteiger partial charge on any atom is 0.265 e. The molecule has 0 atom stereocenters. The summed E-state index contributed by atoms with van der Waals surface area (Å²) in [5, 5.41) is 6.45. The lowest BCUT2D eigenvalue weighted by molar-refractivity contribution is -0.120. The molecule has 1 heterocycles. The van der Waals surface area contributed by atoms with Crippen molar-refractivity contribution in [3.63, 3.8) is 0 Å². The van der Waals surface area contributed by atoms with E-state index < -0.39 is 15.9 Å². The van der Waals surface area contributed by atoms with E-state index in [9.17, 15) is 13.2 Å². The fourth-order valence-electron chi connectivity index (χ4n) is 3.31. The van der Waals surface area contributed by atoms with Crippen LogP contribution in [0.25, 0.3) is 0 Å². The van der Waals surface area contributed by atoms with E-state index in [0.29, 0.717) is 24.3 Å². The number of anilines is 1. The molecule has 0 radical (unpaired) electrons. The van der Waals surface area contributed by atoms with Gasteiger partial charge in [-0.05, 0) is 43.0 Å². The second-order valence-electron chi connectivity index (χ2n) is 7.27. The molecule has 1 amide bonds. The summed E-state index contributed by atoms with van der Waals surface area (Å²) in [5.74, 6) is -0.415. The van der Waals surface area contributed by atoms with Crippen LogP contribution in [0.2, 0.25) is 0 Å². The Morgan fingerprint density at radius 3 is 2.50 bits per heavy atom. The third-order valence-corrected chi connectivity index (χ3v) is 6.97. The van der Waals surface area contributed by atoms with Crippen molar-refractivity contribution >= 4 is 27.8 Å². The quantitative estimate of drug-likeness (QED) is 0.539. The second kappa shape index (κ2) is 10.4. The molecule has 1 aliphatic rings. The molecule has 0 spiro atoms. The molecular weight excluding hydrogens is 402 g/mol. The number of rotatable bonds is 7. The first kappa shape index (κ1) is 22.0. The van der Waals surface area contributed by atoms with Crippen LogP contribution in [0, 0.1) is 6.92 Å². The zero-order chi connectivity index (χ0) is 21.4. The Morgan fingerprint density at radius 1 is 1.10 bits per heavy atom. The van der Waals surface area contributed by atoms with Gasteiger partial charge in [0.2, 0.25) is 10.0 Å². The van der Waals surface area contributed by atoms with E-state index >= 15 is 0 Å². The Morgan fingerprint density at radius 2 is 1.80 bits per heavy atom. The average Bonchev–Trinajstić information content (AvgIpc) is 3.03. The van der Waals surface area contributed by atoms with Gasteiger partial charge in [-0.3, -0.25) is 4.79 Å². The van der Waals surface area contributed by atoms with Crippen molar-refractivity contribution in [3.05, 3.63) is 59.7 Å². The largest absolute Gasteiger partial charge is 0.386 e. The van der Waals surface area contributed by atoms with Gasteiger partial charge in [-0.15, -0.1) is 0 Å². The maximum absolute atomic E-state index is 13.1. The van der Waals surface area contributed by atoms with E-state index in [-0.39, 0.29) is 11.5 Å². The molecule has 1 N–H and O–H groups in total. The smallest absolute Gasteiger partial charge is 0.265 e. The van der Waals surface area contributed by atoms with E-state index in [2.05, 4.69) is 10.5 Å². The first-order chi connectivity index (χ1) is 14.5. The highest BCUT2D eigenvalue weighted by molar-refractivity contribution is 7.89. The van der Waals surface area contributed by atoms with E-state index in [0.717, 1.165) is 31.2 Å². The number of carbonyl (C=O) groups is 1. The van der Waals surface area contributed by atoms with Gasteiger partial charge >= 0.3 is 0 Å². The highest BCUT2D eigenvalue weighted by Gasteiger charge is 2.27. The Hall–Kier alpha value is -2.71. The van der Waals surface area contributed by atoms with Crippen LogP contribution in [0.3, 0.4) is 0 Å². The lowest BCUT2D eigenvalue weighted by atomic mass is 10.2. The maximum atomic E-state index is 13.1. The zero-order valence-corrected chi connectivity index (χ0v) is 17.9. The summed E-state index contributed by atoms with van der Waals surface area (Å²) >= 11 is 0. The van der Waals surface area contributed by atoms with Crippen LogP contribution in [-0.4, -0.2) is 44.5 Å². The molecular formula is C22H27N3O4S. The number of hydrogen-bond donors (Lipinski definition) is 1. The number of nitrogens with one attached hydrogen (secondary N) is 1. The van der Waals surface area contributed by atoms with Crippen LogP contribution in [0.5, 0.6) is 0 Å². The van der Waals surface area contributed by atoms with Gasteiger partial charge in [0.05, 0.1) is 11.1 Å². The summed E-state index contributed by atoms with van der Waals surface area (Å²) in [6, 6.07) is 14.3. The third kappa shape index (κ3) is 5.90. The molecule has 0 aliphatic carbocycles. The van der Waals surface area contributed by atoms with Crippen LogP contribution in [0.15, 0.2) is 58.6 Å². The fraction of sp³-hybridized carbons (Fsp3) is 0.364. The summed E-state index contributed by atoms with van der Waals surface area (Å²) in [4.78, 5) is 17.4. The van der Waals surface area contributed by atoms with Gasteiger partial charge in [-0.2, -0.15) is 4.31 Å². The molecule has 0 aromatic heterocycles. The highest BCUT2D eigenvalue weighted by Crippen LogP contribution is 2.25. The first-order valence-electron chi connectivity index (χ1n) is 10.1. The van der Waals surface area contributed by atoms with Crippen LogP contribution in [0.4, 0.5) is 5.69 Å².